The van der Waals surface area contributed by atoms with E-state index in [2.05, 4.69) is 75.5 Å². The van der Waals surface area contributed by atoms with Gasteiger partial charge in [0, 0.05) is 48.0 Å². The van der Waals surface area contributed by atoms with Gasteiger partial charge in [0.25, 0.3) is 0 Å². The van der Waals surface area contributed by atoms with Gasteiger partial charge in [0.05, 0.1) is 11.4 Å². The normalized spacial score (nSPS) is 11.6. The largest absolute Gasteiger partial charge is 0.325 e. The average Bonchev–Trinajstić information content (AvgIpc) is 2.90. The molecule has 2 N–H and O–H groups in total. The Morgan fingerprint density at radius 3 is 1.76 bits per heavy atom. The second kappa shape index (κ2) is 13.0. The molecule has 38 heavy (non-hydrogen) atoms. The maximum atomic E-state index is 10.9. The van der Waals surface area contributed by atoms with Crippen LogP contribution < -0.4 is 9.13 Å². The molecule has 0 atom stereocenters. The molecule has 0 amide bonds. The van der Waals surface area contributed by atoms with E-state index >= 15 is 0 Å². The third-order valence-corrected chi connectivity index (χ3v) is 7.53. The first-order chi connectivity index (χ1) is 18.3. The van der Waals surface area contributed by atoms with Crippen molar-refractivity contribution in [3.8, 4) is 33.6 Å². The van der Waals surface area contributed by atoms with Gasteiger partial charge in [-0.3, -0.25) is 4.57 Å². The molecule has 0 aliphatic heterocycles. The standard InChI is InChI=1S/C30H35N4O3P/c1-24-31-29(23-30(32-24)28-13-18-33(2)19-14-28)27-11-9-25(10-12-27)26-15-20-34(21-16-26)17-7-5-3-4-6-8-22-38(35,36)37/h9-16,18-21,23H,3-8,17,22H2,1-2H3/p+2. The van der Waals surface area contributed by atoms with Gasteiger partial charge in [-0.05, 0) is 37.0 Å². The molecule has 198 valence electrons. The number of aryl methyl sites for hydroxylation is 3. The van der Waals surface area contributed by atoms with Crippen molar-refractivity contribution >= 4 is 7.60 Å². The van der Waals surface area contributed by atoms with Crippen molar-refractivity contribution in [2.24, 2.45) is 7.05 Å². The van der Waals surface area contributed by atoms with E-state index in [9.17, 15) is 4.57 Å². The fraction of sp³-hybridized carbons (Fsp3) is 0.333. The van der Waals surface area contributed by atoms with Gasteiger partial charge >= 0.3 is 7.60 Å². The predicted octanol–water partition coefficient (Wildman–Crippen LogP) is 5.42. The zero-order valence-corrected chi connectivity index (χ0v) is 23.1. The molecule has 3 heterocycles. The molecule has 3 aromatic heterocycles. The molecular formula is C30H37N4O3P+2. The van der Waals surface area contributed by atoms with E-state index in [0.717, 1.165) is 72.6 Å². The Kier molecular flexibility index (Phi) is 9.51. The van der Waals surface area contributed by atoms with Crippen LogP contribution in [-0.2, 0) is 18.2 Å². The SMILES string of the molecule is Cc1nc(-c2ccc(-c3cc[n+](CCCCCCCCP(=O)(O)O)cc3)cc2)cc(-c2cc[n+](C)cc2)n1. The van der Waals surface area contributed by atoms with Crippen molar-refractivity contribution in [1.82, 2.24) is 9.97 Å². The van der Waals surface area contributed by atoms with Crippen molar-refractivity contribution in [3.05, 3.63) is 85.2 Å². The van der Waals surface area contributed by atoms with E-state index in [0.29, 0.717) is 6.42 Å². The van der Waals surface area contributed by atoms with E-state index in [4.69, 9.17) is 9.79 Å². The fourth-order valence-electron chi connectivity index (χ4n) is 4.49. The molecule has 0 unspecified atom stereocenters. The van der Waals surface area contributed by atoms with E-state index in [1.54, 1.807) is 0 Å². The number of hydrogen-bond acceptors (Lipinski definition) is 3. The van der Waals surface area contributed by atoms with Crippen LogP contribution in [0.3, 0.4) is 0 Å². The van der Waals surface area contributed by atoms with Crippen LogP contribution in [0.25, 0.3) is 33.6 Å². The van der Waals surface area contributed by atoms with Gasteiger partial charge < -0.3 is 9.79 Å². The van der Waals surface area contributed by atoms with Gasteiger partial charge in [0.15, 0.2) is 24.8 Å². The van der Waals surface area contributed by atoms with E-state index in [-0.39, 0.29) is 6.16 Å². The van der Waals surface area contributed by atoms with Gasteiger partial charge in [-0.1, -0.05) is 43.5 Å². The number of rotatable bonds is 12. The summed E-state index contributed by atoms with van der Waals surface area (Å²) >= 11 is 0. The highest BCUT2D eigenvalue weighted by Crippen LogP contribution is 2.35. The van der Waals surface area contributed by atoms with Crippen molar-refractivity contribution < 1.29 is 23.5 Å². The molecular weight excluding hydrogens is 495 g/mol. The molecule has 7 nitrogen and oxygen atoms in total. The molecule has 0 aliphatic rings. The molecule has 0 fully saturated rings. The van der Waals surface area contributed by atoms with Crippen LogP contribution in [0.1, 0.15) is 44.3 Å². The van der Waals surface area contributed by atoms with Crippen LogP contribution in [0.5, 0.6) is 0 Å². The lowest BCUT2D eigenvalue weighted by molar-refractivity contribution is -0.697. The second-order valence-corrected chi connectivity index (χ2v) is 11.6. The summed E-state index contributed by atoms with van der Waals surface area (Å²) in [6.07, 6.45) is 14.1. The molecule has 8 heteroatoms. The number of benzene rings is 1. The number of hydrogen-bond donors (Lipinski definition) is 2. The Morgan fingerprint density at radius 2 is 1.16 bits per heavy atom. The van der Waals surface area contributed by atoms with Crippen LogP contribution in [0.2, 0.25) is 0 Å². The monoisotopic (exact) mass is 532 g/mol. The molecule has 1 aromatic carbocycles. The minimum absolute atomic E-state index is 0.00649. The van der Waals surface area contributed by atoms with Crippen molar-refractivity contribution in [2.75, 3.05) is 6.16 Å². The van der Waals surface area contributed by atoms with Crippen molar-refractivity contribution in [1.29, 1.82) is 0 Å². The Balaban J connectivity index is 1.30. The number of pyridine rings is 2. The lowest BCUT2D eigenvalue weighted by atomic mass is 10.0. The van der Waals surface area contributed by atoms with Gasteiger partial charge in [-0.25, -0.2) is 19.1 Å². The molecule has 0 saturated carbocycles. The molecule has 0 aliphatic carbocycles. The number of nitrogens with zero attached hydrogens (tertiary/aromatic N) is 4. The van der Waals surface area contributed by atoms with E-state index in [1.807, 2.05) is 37.0 Å². The molecule has 4 rings (SSSR count). The fourth-order valence-corrected chi connectivity index (χ4v) is 5.12. The third-order valence-electron chi connectivity index (χ3n) is 6.63. The van der Waals surface area contributed by atoms with Gasteiger partial charge in [0.1, 0.15) is 19.4 Å². The van der Waals surface area contributed by atoms with Crippen LogP contribution in [0.15, 0.2) is 79.4 Å². The van der Waals surface area contributed by atoms with Crippen molar-refractivity contribution in [3.63, 3.8) is 0 Å². The van der Waals surface area contributed by atoms with Crippen LogP contribution in [0, 0.1) is 6.92 Å². The summed E-state index contributed by atoms with van der Waals surface area (Å²) in [5, 5.41) is 0. The summed E-state index contributed by atoms with van der Waals surface area (Å²) in [6, 6.07) is 19.0. The van der Waals surface area contributed by atoms with Crippen molar-refractivity contribution in [2.45, 2.75) is 52.0 Å². The highest BCUT2D eigenvalue weighted by atomic mass is 31.2. The average molecular weight is 533 g/mol. The topological polar surface area (TPSA) is 91.1 Å². The molecule has 0 saturated heterocycles. The summed E-state index contributed by atoms with van der Waals surface area (Å²) in [4.78, 5) is 27.1. The molecule has 4 aromatic rings. The van der Waals surface area contributed by atoms with E-state index < -0.39 is 7.60 Å². The van der Waals surface area contributed by atoms with Crippen LogP contribution in [0.4, 0.5) is 0 Å². The van der Waals surface area contributed by atoms with Gasteiger partial charge in [-0.2, -0.15) is 0 Å². The zero-order chi connectivity index (χ0) is 27.0. The first-order valence-electron chi connectivity index (χ1n) is 13.2. The maximum Gasteiger partial charge on any atom is 0.325 e. The quantitative estimate of drug-likeness (QED) is 0.145. The maximum absolute atomic E-state index is 10.9. The van der Waals surface area contributed by atoms with Gasteiger partial charge in [-0.15, -0.1) is 0 Å². The summed E-state index contributed by atoms with van der Waals surface area (Å²) in [6.45, 7) is 2.90. The minimum atomic E-state index is -3.84. The second-order valence-electron chi connectivity index (χ2n) is 9.85. The van der Waals surface area contributed by atoms with Crippen LogP contribution in [-0.4, -0.2) is 25.9 Å². The minimum Gasteiger partial charge on any atom is -0.324 e. The Hall–Kier alpha value is -3.25. The summed E-state index contributed by atoms with van der Waals surface area (Å²) < 4.78 is 15.1. The smallest absolute Gasteiger partial charge is 0.324 e. The summed E-state index contributed by atoms with van der Waals surface area (Å²) in [7, 11) is -1.83. The number of aromatic nitrogens is 4. The first-order valence-corrected chi connectivity index (χ1v) is 15.0. The van der Waals surface area contributed by atoms with Gasteiger partial charge in [0.2, 0.25) is 0 Å². The molecule has 0 bridgehead atoms. The highest BCUT2D eigenvalue weighted by Gasteiger charge is 2.11. The lowest BCUT2D eigenvalue weighted by Gasteiger charge is -2.08. The Morgan fingerprint density at radius 1 is 0.684 bits per heavy atom. The summed E-state index contributed by atoms with van der Waals surface area (Å²) in [5.41, 5.74) is 6.31. The highest BCUT2D eigenvalue weighted by molar-refractivity contribution is 7.51. The third kappa shape index (κ3) is 8.38. The summed E-state index contributed by atoms with van der Waals surface area (Å²) in [5.74, 6) is 0.752. The Labute approximate surface area is 225 Å². The van der Waals surface area contributed by atoms with E-state index in [1.165, 1.54) is 5.56 Å². The predicted molar refractivity (Wildman–Crippen MR) is 149 cm³/mol. The number of unbranched alkanes of at least 4 members (excludes halogenated alkanes) is 5. The van der Waals surface area contributed by atoms with Crippen LogP contribution >= 0.6 is 7.60 Å². The lowest BCUT2D eigenvalue weighted by Crippen LogP contribution is -2.32. The molecule has 0 spiro atoms. The Bertz CT molecular complexity index is 1370. The first kappa shape index (κ1) is 27.8. The zero-order valence-electron chi connectivity index (χ0n) is 22.2. The molecule has 0 radical (unpaired) electrons.